The van der Waals surface area contributed by atoms with Gasteiger partial charge in [-0.2, -0.15) is 20.3 Å². The van der Waals surface area contributed by atoms with Gasteiger partial charge in [-0.05, 0) is 18.9 Å². The lowest BCUT2D eigenvalue weighted by Gasteiger charge is -2.23. The summed E-state index contributed by atoms with van der Waals surface area (Å²) in [5.74, 6) is 0.991. The third-order valence-corrected chi connectivity index (χ3v) is 4.84. The van der Waals surface area contributed by atoms with Gasteiger partial charge in [-0.3, -0.25) is 0 Å². The van der Waals surface area contributed by atoms with Crippen LogP contribution in [0, 0.1) is 0 Å². The van der Waals surface area contributed by atoms with E-state index in [1.807, 2.05) is 4.90 Å². The first kappa shape index (κ1) is 18.0. The number of hydrogen-bond donors (Lipinski definition) is 5. The average molecular weight is 387 g/mol. The second-order valence-electron chi connectivity index (χ2n) is 6.55. The number of benzene rings is 1. The molecule has 1 saturated heterocycles. The van der Waals surface area contributed by atoms with Crippen LogP contribution in [0.5, 0.6) is 17.2 Å². The normalized spacial score (nSPS) is 16.6. The third kappa shape index (κ3) is 3.20. The van der Waals surface area contributed by atoms with Gasteiger partial charge in [0.05, 0.1) is 19.8 Å². The van der Waals surface area contributed by atoms with Crippen LogP contribution < -0.4 is 15.0 Å². The first-order valence-electron chi connectivity index (χ1n) is 8.89. The van der Waals surface area contributed by atoms with E-state index in [-0.39, 0.29) is 36.4 Å². The SMILES string of the molecule is COc1cc(O)c(CNc2nc(N3CCCC3CO)nc3n[nH]nc23)cc1O. The highest BCUT2D eigenvalue weighted by atomic mass is 16.5. The minimum atomic E-state index is -0.0742. The summed E-state index contributed by atoms with van der Waals surface area (Å²) in [6, 6.07) is 2.74. The summed E-state index contributed by atoms with van der Waals surface area (Å²) in [7, 11) is 1.41. The molecule has 11 heteroatoms. The Bertz CT molecular complexity index is 993. The molecule has 0 aliphatic carbocycles. The van der Waals surface area contributed by atoms with Crippen LogP contribution in [0.25, 0.3) is 11.2 Å². The number of nitrogens with zero attached hydrogens (tertiary/aromatic N) is 5. The molecule has 4 rings (SSSR count). The molecule has 3 heterocycles. The number of rotatable bonds is 6. The fourth-order valence-corrected chi connectivity index (χ4v) is 3.36. The van der Waals surface area contributed by atoms with Crippen LogP contribution in [-0.2, 0) is 6.54 Å². The van der Waals surface area contributed by atoms with Gasteiger partial charge in [-0.25, -0.2) is 0 Å². The summed E-state index contributed by atoms with van der Waals surface area (Å²) in [4.78, 5) is 10.9. The molecular formula is C17H21N7O4. The lowest BCUT2D eigenvalue weighted by molar-refractivity contribution is 0.265. The molecule has 1 aliphatic rings. The van der Waals surface area contributed by atoms with Crippen LogP contribution >= 0.6 is 0 Å². The molecule has 0 spiro atoms. The van der Waals surface area contributed by atoms with E-state index in [9.17, 15) is 15.3 Å². The molecule has 1 unspecified atom stereocenters. The topological polar surface area (TPSA) is 153 Å². The Kier molecular flexibility index (Phi) is 4.74. The second kappa shape index (κ2) is 7.35. The van der Waals surface area contributed by atoms with E-state index in [2.05, 4.69) is 30.7 Å². The molecule has 1 aliphatic heterocycles. The number of anilines is 2. The minimum absolute atomic E-state index is 0.0206. The molecule has 1 atom stereocenters. The number of aromatic nitrogens is 5. The van der Waals surface area contributed by atoms with Crippen molar-refractivity contribution in [3.05, 3.63) is 17.7 Å². The van der Waals surface area contributed by atoms with Crippen molar-refractivity contribution in [3.63, 3.8) is 0 Å². The number of aromatic amines is 1. The first-order valence-corrected chi connectivity index (χ1v) is 8.89. The van der Waals surface area contributed by atoms with Crippen LogP contribution in [-0.4, -0.2) is 67.0 Å². The predicted octanol–water partition coefficient (Wildman–Crippen LogP) is 0.741. The molecule has 1 aromatic carbocycles. The Hall–Kier alpha value is -3.34. The Balaban J connectivity index is 1.63. The zero-order valence-corrected chi connectivity index (χ0v) is 15.3. The molecular weight excluding hydrogens is 366 g/mol. The monoisotopic (exact) mass is 387 g/mol. The van der Waals surface area contributed by atoms with E-state index in [0.717, 1.165) is 19.4 Å². The number of fused-ring (bicyclic) bond motifs is 1. The second-order valence-corrected chi connectivity index (χ2v) is 6.55. The van der Waals surface area contributed by atoms with E-state index in [4.69, 9.17) is 4.74 Å². The summed E-state index contributed by atoms with van der Waals surface area (Å²) in [5.41, 5.74) is 1.32. The van der Waals surface area contributed by atoms with E-state index >= 15 is 0 Å². The molecule has 3 aromatic rings. The quantitative estimate of drug-likeness (QED) is 0.383. The van der Waals surface area contributed by atoms with Crippen molar-refractivity contribution in [2.45, 2.75) is 25.4 Å². The summed E-state index contributed by atoms with van der Waals surface area (Å²) in [5, 5.41) is 43.5. The van der Waals surface area contributed by atoms with E-state index in [0.29, 0.717) is 28.5 Å². The highest BCUT2D eigenvalue weighted by Gasteiger charge is 2.27. The number of phenolic OH excluding ortho intramolecular Hbond substituents is 2. The van der Waals surface area contributed by atoms with Gasteiger partial charge in [0.25, 0.3) is 0 Å². The number of aromatic hydroxyl groups is 2. The lowest BCUT2D eigenvalue weighted by Crippen LogP contribution is -2.33. The van der Waals surface area contributed by atoms with Gasteiger partial charge in [0, 0.05) is 24.7 Å². The van der Waals surface area contributed by atoms with Gasteiger partial charge >= 0.3 is 0 Å². The van der Waals surface area contributed by atoms with Gasteiger partial charge in [0.15, 0.2) is 22.8 Å². The number of hydrogen-bond acceptors (Lipinski definition) is 10. The van der Waals surface area contributed by atoms with E-state index in [1.165, 1.54) is 19.2 Å². The summed E-state index contributed by atoms with van der Waals surface area (Å²) in [6.45, 7) is 0.967. The number of ether oxygens (including phenoxy) is 1. The molecule has 2 aromatic heterocycles. The van der Waals surface area contributed by atoms with Crippen molar-refractivity contribution >= 4 is 22.9 Å². The average Bonchev–Trinajstić information content (AvgIpc) is 3.36. The van der Waals surface area contributed by atoms with Crippen LogP contribution in [0.15, 0.2) is 12.1 Å². The summed E-state index contributed by atoms with van der Waals surface area (Å²) < 4.78 is 4.98. The molecule has 0 radical (unpaired) electrons. The Morgan fingerprint density at radius 3 is 2.89 bits per heavy atom. The fraction of sp³-hybridized carbons (Fsp3) is 0.412. The first-order chi connectivity index (χ1) is 13.6. The third-order valence-electron chi connectivity index (χ3n) is 4.84. The van der Waals surface area contributed by atoms with Gasteiger partial charge < -0.3 is 30.3 Å². The number of H-pyrrole nitrogens is 1. The Morgan fingerprint density at radius 1 is 1.25 bits per heavy atom. The smallest absolute Gasteiger partial charge is 0.229 e. The van der Waals surface area contributed by atoms with Crippen LogP contribution in [0.2, 0.25) is 0 Å². The number of nitrogens with one attached hydrogen (secondary N) is 2. The molecule has 0 bridgehead atoms. The molecule has 1 fully saturated rings. The Labute approximate surface area is 160 Å². The number of phenols is 2. The molecule has 28 heavy (non-hydrogen) atoms. The lowest BCUT2D eigenvalue weighted by atomic mass is 10.1. The van der Waals surface area contributed by atoms with Crippen molar-refractivity contribution in [1.82, 2.24) is 25.4 Å². The van der Waals surface area contributed by atoms with Gasteiger partial charge in [-0.1, -0.05) is 0 Å². The van der Waals surface area contributed by atoms with Gasteiger partial charge in [-0.15, -0.1) is 5.10 Å². The maximum atomic E-state index is 10.2. The summed E-state index contributed by atoms with van der Waals surface area (Å²) >= 11 is 0. The molecule has 0 amide bonds. The van der Waals surface area contributed by atoms with Crippen molar-refractivity contribution in [2.75, 3.05) is 30.5 Å². The number of methoxy groups -OCH3 is 1. The number of aliphatic hydroxyl groups excluding tert-OH is 1. The largest absolute Gasteiger partial charge is 0.507 e. The standard InChI is InChI=1S/C17H21N7O4/c1-28-13-6-11(26)9(5-12(13)27)7-18-15-14-16(22-23-21-14)20-17(19-15)24-4-2-3-10(24)8-25/h5-6,10,25-27H,2-4,7-8H2,1H3,(H2,18,19,20,21,22,23). The van der Waals surface area contributed by atoms with E-state index in [1.54, 1.807) is 0 Å². The molecule has 11 nitrogen and oxygen atoms in total. The van der Waals surface area contributed by atoms with E-state index < -0.39 is 0 Å². The Morgan fingerprint density at radius 2 is 2.11 bits per heavy atom. The van der Waals surface area contributed by atoms with Crippen molar-refractivity contribution in [3.8, 4) is 17.2 Å². The van der Waals surface area contributed by atoms with Crippen LogP contribution in [0.3, 0.4) is 0 Å². The highest BCUT2D eigenvalue weighted by molar-refractivity contribution is 5.83. The van der Waals surface area contributed by atoms with Crippen molar-refractivity contribution in [2.24, 2.45) is 0 Å². The predicted molar refractivity (Wildman–Crippen MR) is 101 cm³/mol. The van der Waals surface area contributed by atoms with Gasteiger partial charge in [0.2, 0.25) is 11.6 Å². The highest BCUT2D eigenvalue weighted by Crippen LogP contribution is 2.34. The zero-order chi connectivity index (χ0) is 19.7. The maximum absolute atomic E-state index is 10.2. The number of aliphatic hydroxyl groups is 1. The van der Waals surface area contributed by atoms with Crippen LogP contribution in [0.4, 0.5) is 11.8 Å². The fourth-order valence-electron chi connectivity index (χ4n) is 3.36. The van der Waals surface area contributed by atoms with Gasteiger partial charge in [0.1, 0.15) is 5.75 Å². The molecule has 5 N–H and O–H groups in total. The zero-order valence-electron chi connectivity index (χ0n) is 15.3. The van der Waals surface area contributed by atoms with Crippen LogP contribution in [0.1, 0.15) is 18.4 Å². The molecule has 148 valence electrons. The summed E-state index contributed by atoms with van der Waals surface area (Å²) in [6.07, 6.45) is 1.83. The minimum Gasteiger partial charge on any atom is -0.507 e. The maximum Gasteiger partial charge on any atom is 0.229 e. The van der Waals surface area contributed by atoms with Crippen molar-refractivity contribution < 1.29 is 20.1 Å². The molecule has 0 saturated carbocycles. The van der Waals surface area contributed by atoms with Crippen molar-refractivity contribution in [1.29, 1.82) is 0 Å².